The van der Waals surface area contributed by atoms with Gasteiger partial charge in [-0.15, -0.1) is 11.8 Å². The summed E-state index contributed by atoms with van der Waals surface area (Å²) in [7, 11) is 0. The second-order valence-electron chi connectivity index (χ2n) is 10.1. The zero-order chi connectivity index (χ0) is 26.7. The highest BCUT2D eigenvalue weighted by atomic mass is 32.2. The Morgan fingerprint density at radius 1 is 0.921 bits per heavy atom. The number of aryl methyl sites for hydroxylation is 1. The molecule has 0 heterocycles. The Morgan fingerprint density at radius 2 is 1.61 bits per heavy atom. The number of nitrogens with one attached hydrogen (secondary N) is 1. The van der Waals surface area contributed by atoms with Gasteiger partial charge in [-0.05, 0) is 54.2 Å². The van der Waals surface area contributed by atoms with Gasteiger partial charge < -0.3 is 10.2 Å². The number of benzene rings is 3. The molecule has 1 saturated carbocycles. The first-order valence-electron chi connectivity index (χ1n) is 13.5. The smallest absolute Gasteiger partial charge is 0.243 e. The van der Waals surface area contributed by atoms with Crippen molar-refractivity contribution in [1.82, 2.24) is 10.2 Å². The monoisotopic (exact) mass is 532 g/mol. The zero-order valence-corrected chi connectivity index (χ0v) is 22.9. The number of rotatable bonds is 11. The third-order valence-electron chi connectivity index (χ3n) is 7.23. The van der Waals surface area contributed by atoms with E-state index >= 15 is 0 Å². The summed E-state index contributed by atoms with van der Waals surface area (Å²) in [5.74, 6) is 0.422. The largest absolute Gasteiger partial charge is 0.352 e. The predicted molar refractivity (Wildman–Crippen MR) is 153 cm³/mol. The molecule has 0 bridgehead atoms. The van der Waals surface area contributed by atoms with E-state index < -0.39 is 6.04 Å². The van der Waals surface area contributed by atoms with E-state index in [2.05, 4.69) is 5.32 Å². The average molecular weight is 533 g/mol. The summed E-state index contributed by atoms with van der Waals surface area (Å²) in [6, 6.07) is 23.9. The highest BCUT2D eigenvalue weighted by Crippen LogP contribution is 2.22. The van der Waals surface area contributed by atoms with Crippen molar-refractivity contribution >= 4 is 23.6 Å². The quantitative estimate of drug-likeness (QED) is 0.309. The van der Waals surface area contributed by atoms with Gasteiger partial charge in [-0.1, -0.05) is 86.0 Å². The topological polar surface area (TPSA) is 49.4 Å². The molecule has 2 amide bonds. The second-order valence-corrected chi connectivity index (χ2v) is 11.1. The second kappa shape index (κ2) is 14.1. The molecule has 4 rings (SSSR count). The molecule has 1 aliphatic carbocycles. The van der Waals surface area contributed by atoms with Gasteiger partial charge in [0, 0.05) is 24.8 Å². The first-order chi connectivity index (χ1) is 18.5. The van der Waals surface area contributed by atoms with Gasteiger partial charge in [-0.25, -0.2) is 4.39 Å². The molecule has 0 aromatic heterocycles. The van der Waals surface area contributed by atoms with Crippen LogP contribution in [0.1, 0.15) is 54.4 Å². The van der Waals surface area contributed by atoms with Crippen molar-refractivity contribution in [2.75, 3.05) is 5.75 Å². The highest BCUT2D eigenvalue weighted by molar-refractivity contribution is 7.99. The molecule has 3 aromatic rings. The van der Waals surface area contributed by atoms with E-state index in [0.717, 1.165) is 47.9 Å². The van der Waals surface area contributed by atoms with Gasteiger partial charge in [0.15, 0.2) is 0 Å². The zero-order valence-electron chi connectivity index (χ0n) is 22.1. The lowest BCUT2D eigenvalue weighted by atomic mass is 9.94. The molecule has 0 spiro atoms. The maximum absolute atomic E-state index is 13.8. The fourth-order valence-electron chi connectivity index (χ4n) is 4.99. The number of carbonyl (C=O) groups is 2. The molecule has 38 heavy (non-hydrogen) atoms. The number of hydrogen-bond donors (Lipinski definition) is 1. The van der Waals surface area contributed by atoms with Crippen molar-refractivity contribution in [3.63, 3.8) is 0 Å². The van der Waals surface area contributed by atoms with Crippen molar-refractivity contribution < 1.29 is 14.0 Å². The van der Waals surface area contributed by atoms with Gasteiger partial charge in [-0.3, -0.25) is 9.59 Å². The lowest BCUT2D eigenvalue weighted by Gasteiger charge is -2.34. The maximum Gasteiger partial charge on any atom is 0.243 e. The molecule has 1 fully saturated rings. The summed E-state index contributed by atoms with van der Waals surface area (Å²) in [6.45, 7) is 2.41. The third kappa shape index (κ3) is 8.19. The Hall–Kier alpha value is -3.12. The molecule has 0 aliphatic heterocycles. The van der Waals surface area contributed by atoms with Crippen LogP contribution in [-0.2, 0) is 28.3 Å². The summed E-state index contributed by atoms with van der Waals surface area (Å²) < 4.78 is 13.3. The van der Waals surface area contributed by atoms with Crippen molar-refractivity contribution in [2.45, 2.75) is 69.8 Å². The Balaban J connectivity index is 1.56. The number of hydrogen-bond acceptors (Lipinski definition) is 3. The molecule has 6 heteroatoms. The van der Waals surface area contributed by atoms with Gasteiger partial charge in [-0.2, -0.15) is 0 Å². The van der Waals surface area contributed by atoms with Crippen LogP contribution in [0.3, 0.4) is 0 Å². The van der Waals surface area contributed by atoms with E-state index in [4.69, 9.17) is 0 Å². The molecule has 3 aromatic carbocycles. The average Bonchev–Trinajstić information content (AvgIpc) is 2.93. The van der Waals surface area contributed by atoms with E-state index in [0.29, 0.717) is 18.7 Å². The van der Waals surface area contributed by atoms with Crippen LogP contribution in [0.25, 0.3) is 0 Å². The van der Waals surface area contributed by atoms with Crippen molar-refractivity contribution in [3.05, 3.63) is 107 Å². The number of halogens is 1. The van der Waals surface area contributed by atoms with Crippen LogP contribution in [0.5, 0.6) is 0 Å². The fourth-order valence-corrected chi connectivity index (χ4v) is 5.86. The number of thioether (sulfide) groups is 1. The summed E-state index contributed by atoms with van der Waals surface area (Å²) >= 11 is 1.49. The van der Waals surface area contributed by atoms with E-state index in [1.165, 1.54) is 30.3 Å². The summed E-state index contributed by atoms with van der Waals surface area (Å²) in [5.41, 5.74) is 4.12. The normalized spacial score (nSPS) is 14.6. The van der Waals surface area contributed by atoms with Gasteiger partial charge in [0.25, 0.3) is 0 Å². The maximum atomic E-state index is 13.8. The third-order valence-corrected chi connectivity index (χ3v) is 8.22. The van der Waals surface area contributed by atoms with Crippen LogP contribution in [-0.4, -0.2) is 34.6 Å². The van der Waals surface area contributed by atoms with Crippen LogP contribution in [0, 0.1) is 12.7 Å². The van der Waals surface area contributed by atoms with Gasteiger partial charge in [0.05, 0.1) is 5.75 Å². The van der Waals surface area contributed by atoms with Crippen LogP contribution < -0.4 is 5.32 Å². The molecular formula is C32H37FN2O2S. The lowest BCUT2D eigenvalue weighted by Crippen LogP contribution is -2.53. The molecule has 1 aliphatic rings. The Bertz CT molecular complexity index is 1180. The number of amides is 2. The molecule has 0 saturated heterocycles. The van der Waals surface area contributed by atoms with E-state index in [1.807, 2.05) is 61.5 Å². The fraction of sp³-hybridized carbons (Fsp3) is 0.375. The minimum absolute atomic E-state index is 0.0694. The molecular weight excluding hydrogens is 495 g/mol. The molecule has 4 nitrogen and oxygen atoms in total. The van der Waals surface area contributed by atoms with E-state index in [-0.39, 0.29) is 29.4 Å². The van der Waals surface area contributed by atoms with Gasteiger partial charge in [0.2, 0.25) is 11.8 Å². The Morgan fingerprint density at radius 3 is 2.32 bits per heavy atom. The van der Waals surface area contributed by atoms with Crippen LogP contribution in [0.15, 0.2) is 78.9 Å². The first kappa shape index (κ1) is 27.9. The van der Waals surface area contributed by atoms with Crippen LogP contribution in [0.4, 0.5) is 4.39 Å². The van der Waals surface area contributed by atoms with Gasteiger partial charge in [0.1, 0.15) is 11.9 Å². The SMILES string of the molecule is Cc1ccccc1CN(C(=O)CSCc1ccc(F)cc1)[C@H](Cc1ccccc1)C(=O)NC1CCCCC1. The van der Waals surface area contributed by atoms with Crippen molar-refractivity contribution in [3.8, 4) is 0 Å². The van der Waals surface area contributed by atoms with Gasteiger partial charge >= 0.3 is 0 Å². The van der Waals surface area contributed by atoms with Crippen molar-refractivity contribution in [1.29, 1.82) is 0 Å². The summed E-state index contributed by atoms with van der Waals surface area (Å²) in [4.78, 5) is 29.4. The Kier molecular flexibility index (Phi) is 10.4. The molecule has 0 radical (unpaired) electrons. The standard InChI is InChI=1S/C32H37FN2O2S/c1-24-10-8-9-13-27(24)21-35(31(36)23-38-22-26-16-18-28(33)19-17-26)30(20-25-11-4-2-5-12-25)32(37)34-29-14-6-3-7-15-29/h2,4-5,8-13,16-19,29-30H,3,6-7,14-15,20-23H2,1H3,(H,34,37)/t30-/m1/s1. The number of nitrogens with zero attached hydrogens (tertiary/aromatic N) is 1. The number of carbonyl (C=O) groups excluding carboxylic acids is 2. The molecule has 0 unspecified atom stereocenters. The molecule has 200 valence electrons. The predicted octanol–water partition coefficient (Wildman–Crippen LogP) is 6.46. The molecule has 1 N–H and O–H groups in total. The minimum atomic E-state index is -0.613. The van der Waals surface area contributed by atoms with E-state index in [1.54, 1.807) is 17.0 Å². The summed E-state index contributed by atoms with van der Waals surface area (Å²) in [5, 5.41) is 3.29. The molecule has 1 atom stereocenters. The Labute approximate surface area is 230 Å². The minimum Gasteiger partial charge on any atom is -0.352 e. The lowest BCUT2D eigenvalue weighted by molar-refractivity contribution is -0.139. The van der Waals surface area contributed by atoms with Crippen molar-refractivity contribution in [2.24, 2.45) is 0 Å². The first-order valence-corrected chi connectivity index (χ1v) is 14.7. The van der Waals surface area contributed by atoms with Crippen LogP contribution >= 0.6 is 11.8 Å². The van der Waals surface area contributed by atoms with Crippen LogP contribution in [0.2, 0.25) is 0 Å². The highest BCUT2D eigenvalue weighted by Gasteiger charge is 2.32. The van der Waals surface area contributed by atoms with E-state index in [9.17, 15) is 14.0 Å². The summed E-state index contributed by atoms with van der Waals surface area (Å²) in [6.07, 6.45) is 5.90.